The van der Waals surface area contributed by atoms with E-state index in [1.54, 1.807) is 7.11 Å². The second-order valence-corrected chi connectivity index (χ2v) is 5.01. The average Bonchev–Trinajstić information content (AvgIpc) is 2.58. The van der Waals surface area contributed by atoms with Crippen LogP contribution in [0.25, 0.3) is 0 Å². The van der Waals surface area contributed by atoms with E-state index in [9.17, 15) is 4.79 Å². The van der Waals surface area contributed by atoms with Crippen LogP contribution in [0.2, 0.25) is 0 Å². The van der Waals surface area contributed by atoms with Gasteiger partial charge in [0.2, 0.25) is 0 Å². The highest BCUT2D eigenvalue weighted by molar-refractivity contribution is 5.98. The van der Waals surface area contributed by atoms with Gasteiger partial charge in [-0.05, 0) is 55.4 Å². The van der Waals surface area contributed by atoms with E-state index in [4.69, 9.17) is 4.74 Å². The summed E-state index contributed by atoms with van der Waals surface area (Å²) in [7, 11) is 1.72. The van der Waals surface area contributed by atoms with Crippen molar-refractivity contribution in [2.45, 2.75) is 51.9 Å². The number of benzene rings is 1. The van der Waals surface area contributed by atoms with Crippen LogP contribution in [0.1, 0.15) is 60.5 Å². The lowest BCUT2D eigenvalue weighted by Gasteiger charge is -2.15. The third kappa shape index (κ3) is 2.58. The molecule has 0 heterocycles. The Morgan fingerprint density at radius 2 is 2.00 bits per heavy atom. The fourth-order valence-electron chi connectivity index (χ4n) is 2.76. The van der Waals surface area contributed by atoms with Crippen molar-refractivity contribution in [1.82, 2.24) is 0 Å². The summed E-state index contributed by atoms with van der Waals surface area (Å²) in [6.45, 7) is 2.19. The summed E-state index contributed by atoms with van der Waals surface area (Å²) in [6, 6.07) is 3.92. The molecule has 0 aliphatic heterocycles. The van der Waals surface area contributed by atoms with Gasteiger partial charge < -0.3 is 4.74 Å². The van der Waals surface area contributed by atoms with Gasteiger partial charge >= 0.3 is 0 Å². The van der Waals surface area contributed by atoms with Crippen LogP contribution >= 0.6 is 0 Å². The van der Waals surface area contributed by atoms with Gasteiger partial charge in [-0.15, -0.1) is 0 Å². The van der Waals surface area contributed by atoms with E-state index in [0.717, 1.165) is 43.4 Å². The second kappa shape index (κ2) is 6.03. The molecule has 2 rings (SSSR count). The largest absolute Gasteiger partial charge is 0.496 e. The minimum atomic E-state index is 0.308. The van der Waals surface area contributed by atoms with Crippen LogP contribution in [0, 0.1) is 0 Å². The van der Waals surface area contributed by atoms with Crippen molar-refractivity contribution >= 4 is 5.78 Å². The van der Waals surface area contributed by atoms with E-state index in [2.05, 4.69) is 6.92 Å². The van der Waals surface area contributed by atoms with Crippen molar-refractivity contribution in [3.8, 4) is 5.75 Å². The van der Waals surface area contributed by atoms with Crippen molar-refractivity contribution in [3.63, 3.8) is 0 Å². The Kier molecular flexibility index (Phi) is 4.40. The number of hydrogen-bond acceptors (Lipinski definition) is 2. The minimum Gasteiger partial charge on any atom is -0.496 e. The van der Waals surface area contributed by atoms with Crippen molar-refractivity contribution in [2.24, 2.45) is 0 Å². The summed E-state index contributed by atoms with van der Waals surface area (Å²) < 4.78 is 5.47. The van der Waals surface area contributed by atoms with Crippen LogP contribution in [-0.4, -0.2) is 12.9 Å². The van der Waals surface area contributed by atoms with E-state index in [1.807, 2.05) is 12.1 Å². The summed E-state index contributed by atoms with van der Waals surface area (Å²) >= 11 is 0. The zero-order chi connectivity index (χ0) is 13.0. The third-order valence-electron chi connectivity index (χ3n) is 3.77. The van der Waals surface area contributed by atoms with Gasteiger partial charge in [0.25, 0.3) is 0 Å². The summed E-state index contributed by atoms with van der Waals surface area (Å²) in [6.07, 6.45) is 7.20. The van der Waals surface area contributed by atoms with Gasteiger partial charge in [0, 0.05) is 12.0 Å². The second-order valence-electron chi connectivity index (χ2n) is 5.01. The number of methoxy groups -OCH3 is 1. The molecular formula is C16H22O2. The predicted octanol–water partition coefficient (Wildman–Crippen LogP) is 3.95. The fourth-order valence-corrected chi connectivity index (χ4v) is 2.76. The van der Waals surface area contributed by atoms with Crippen molar-refractivity contribution in [2.75, 3.05) is 7.11 Å². The molecule has 0 saturated heterocycles. The molecule has 0 bridgehead atoms. The Morgan fingerprint density at radius 1 is 1.22 bits per heavy atom. The van der Waals surface area contributed by atoms with E-state index in [1.165, 1.54) is 17.5 Å². The summed E-state index contributed by atoms with van der Waals surface area (Å²) in [5, 5.41) is 0. The summed E-state index contributed by atoms with van der Waals surface area (Å²) in [5.74, 6) is 1.26. The van der Waals surface area contributed by atoms with Crippen LogP contribution in [-0.2, 0) is 12.8 Å². The quantitative estimate of drug-likeness (QED) is 0.752. The van der Waals surface area contributed by atoms with Crippen molar-refractivity contribution in [3.05, 3.63) is 28.8 Å². The van der Waals surface area contributed by atoms with E-state index in [0.29, 0.717) is 12.2 Å². The van der Waals surface area contributed by atoms with Crippen LogP contribution < -0.4 is 4.74 Å². The third-order valence-corrected chi connectivity index (χ3v) is 3.77. The summed E-state index contributed by atoms with van der Waals surface area (Å²) in [5.41, 5.74) is 3.47. The first-order valence-corrected chi connectivity index (χ1v) is 6.99. The smallest absolute Gasteiger partial charge is 0.163 e. The topological polar surface area (TPSA) is 26.3 Å². The normalized spacial score (nSPS) is 15.1. The molecule has 0 spiro atoms. The fraction of sp³-hybridized carbons (Fsp3) is 0.562. The highest BCUT2D eigenvalue weighted by atomic mass is 16.5. The Labute approximate surface area is 109 Å². The summed E-state index contributed by atoms with van der Waals surface area (Å²) in [4.78, 5) is 12.1. The molecule has 1 aromatic rings. The molecule has 0 fully saturated rings. The molecule has 0 atom stereocenters. The van der Waals surface area contributed by atoms with Gasteiger partial charge in [-0.1, -0.05) is 13.3 Å². The number of ether oxygens (including phenoxy) is 1. The molecule has 2 heteroatoms. The Bertz CT molecular complexity index is 435. The van der Waals surface area contributed by atoms with Crippen LogP contribution in [0.4, 0.5) is 0 Å². The number of Topliss-reactive ketones (excluding diaryl/α,β-unsaturated/α-hetero) is 1. The van der Waals surface area contributed by atoms with Gasteiger partial charge in [-0.3, -0.25) is 4.79 Å². The van der Waals surface area contributed by atoms with Crippen molar-refractivity contribution in [1.29, 1.82) is 0 Å². The zero-order valence-corrected chi connectivity index (χ0v) is 11.4. The van der Waals surface area contributed by atoms with Crippen LogP contribution in [0.5, 0.6) is 5.75 Å². The first-order chi connectivity index (χ1) is 8.77. The lowest BCUT2D eigenvalue weighted by molar-refractivity contribution is 0.0982. The van der Waals surface area contributed by atoms with Crippen LogP contribution in [0.3, 0.4) is 0 Å². The highest BCUT2D eigenvalue weighted by Gasteiger charge is 2.20. The Hall–Kier alpha value is -1.31. The molecule has 18 heavy (non-hydrogen) atoms. The van der Waals surface area contributed by atoms with Gasteiger partial charge in [0.1, 0.15) is 5.75 Å². The number of fused-ring (bicyclic) bond motifs is 1. The molecule has 0 amide bonds. The molecule has 2 nitrogen and oxygen atoms in total. The lowest BCUT2D eigenvalue weighted by atomic mass is 9.92. The average molecular weight is 246 g/mol. The van der Waals surface area contributed by atoms with Crippen LogP contribution in [0.15, 0.2) is 12.1 Å². The first kappa shape index (κ1) is 13.1. The molecule has 1 aromatic carbocycles. The number of carbonyl (C=O) groups excluding carboxylic acids is 1. The van der Waals surface area contributed by atoms with E-state index >= 15 is 0 Å². The van der Waals surface area contributed by atoms with Gasteiger partial charge in [0.15, 0.2) is 5.78 Å². The minimum absolute atomic E-state index is 0.308. The van der Waals surface area contributed by atoms with Gasteiger partial charge in [0.05, 0.1) is 7.11 Å². The molecule has 0 saturated carbocycles. The zero-order valence-electron chi connectivity index (χ0n) is 11.4. The maximum Gasteiger partial charge on any atom is 0.163 e. The molecule has 0 N–H and O–H groups in total. The molecule has 0 aromatic heterocycles. The Morgan fingerprint density at radius 3 is 2.72 bits per heavy atom. The first-order valence-electron chi connectivity index (χ1n) is 6.99. The van der Waals surface area contributed by atoms with Gasteiger partial charge in [-0.2, -0.15) is 0 Å². The molecule has 1 aliphatic rings. The SMILES string of the molecule is CCCCc1c(OC)ccc2c1CCCCC2=O. The number of ketones is 1. The monoisotopic (exact) mass is 246 g/mol. The molecule has 98 valence electrons. The number of unbranched alkanes of at least 4 members (excludes halogenated alkanes) is 1. The van der Waals surface area contributed by atoms with Gasteiger partial charge in [-0.25, -0.2) is 0 Å². The maximum absolute atomic E-state index is 12.1. The predicted molar refractivity (Wildman–Crippen MR) is 73.5 cm³/mol. The molecular weight excluding hydrogens is 224 g/mol. The highest BCUT2D eigenvalue weighted by Crippen LogP contribution is 2.31. The molecule has 0 radical (unpaired) electrons. The molecule has 0 unspecified atom stereocenters. The lowest BCUT2D eigenvalue weighted by Crippen LogP contribution is -2.06. The molecule has 1 aliphatic carbocycles. The number of rotatable bonds is 4. The Balaban J connectivity index is 2.45. The van der Waals surface area contributed by atoms with E-state index < -0.39 is 0 Å². The number of hydrogen-bond donors (Lipinski definition) is 0. The number of carbonyl (C=O) groups is 1. The standard InChI is InChI=1S/C16H22O2/c1-3-4-7-14-12-8-5-6-9-15(17)13(12)10-11-16(14)18-2/h10-11H,3-9H2,1-2H3. The van der Waals surface area contributed by atoms with E-state index in [-0.39, 0.29) is 0 Å². The maximum atomic E-state index is 12.1. The van der Waals surface area contributed by atoms with Crippen molar-refractivity contribution < 1.29 is 9.53 Å².